The van der Waals surface area contributed by atoms with Gasteiger partial charge in [0.25, 0.3) is 5.91 Å². The summed E-state index contributed by atoms with van der Waals surface area (Å²) in [6, 6.07) is 16.8. The summed E-state index contributed by atoms with van der Waals surface area (Å²) < 4.78 is 1.71. The number of amides is 1. The number of aliphatic hydroxyl groups excluding tert-OH is 1. The van der Waals surface area contributed by atoms with Crippen molar-refractivity contribution in [1.29, 1.82) is 0 Å². The van der Waals surface area contributed by atoms with E-state index in [1.807, 2.05) is 42.5 Å². The quantitative estimate of drug-likeness (QED) is 0.454. The molecule has 0 saturated heterocycles. The first kappa shape index (κ1) is 18.9. The third-order valence-electron chi connectivity index (χ3n) is 4.35. The maximum absolute atomic E-state index is 11.9. The molecule has 0 atom stereocenters. The van der Waals surface area contributed by atoms with E-state index in [0.717, 1.165) is 22.3 Å². The fraction of sp³-hybridized carbons (Fsp3) is 0.0952. The zero-order valence-corrected chi connectivity index (χ0v) is 16.1. The first-order valence-corrected chi connectivity index (χ1v) is 9.38. The van der Waals surface area contributed by atoms with Gasteiger partial charge < -0.3 is 15.7 Å². The van der Waals surface area contributed by atoms with Crippen LogP contribution in [0.15, 0.2) is 67.0 Å². The molecule has 0 spiro atoms. The minimum Gasteiger partial charge on any atom is -0.395 e. The Kier molecular flexibility index (Phi) is 5.41. The molecule has 7 nitrogen and oxygen atoms in total. The number of carbonyl (C=O) groups is 1. The van der Waals surface area contributed by atoms with Gasteiger partial charge in [0, 0.05) is 23.8 Å². The number of anilines is 2. The van der Waals surface area contributed by atoms with Gasteiger partial charge in [0.2, 0.25) is 0 Å². The van der Waals surface area contributed by atoms with Crippen LogP contribution in [-0.4, -0.2) is 38.9 Å². The van der Waals surface area contributed by atoms with Gasteiger partial charge in [-0.25, -0.2) is 9.67 Å². The molecular formula is C21H18ClN5O2. The number of aliphatic hydroxyl groups is 1. The average Bonchev–Trinajstić information content (AvgIpc) is 3.17. The summed E-state index contributed by atoms with van der Waals surface area (Å²) in [5, 5.41) is 20.7. The van der Waals surface area contributed by atoms with Gasteiger partial charge in [0.15, 0.2) is 5.82 Å². The fourth-order valence-electron chi connectivity index (χ4n) is 2.93. The van der Waals surface area contributed by atoms with Gasteiger partial charge in [-0.05, 0) is 42.5 Å². The first-order chi connectivity index (χ1) is 14.2. The van der Waals surface area contributed by atoms with Crippen molar-refractivity contribution in [2.24, 2.45) is 0 Å². The zero-order chi connectivity index (χ0) is 20.2. The SMILES string of the molecule is O=C(NCCO)c1ccc(-n2ncc3cc(Nc4ccccc4Cl)ccc32)nc1. The second-order valence-electron chi connectivity index (χ2n) is 6.32. The Morgan fingerprint density at radius 1 is 1.10 bits per heavy atom. The standard InChI is InChI=1S/C21H18ClN5O2/c22-17-3-1-2-4-18(17)26-16-6-7-19-15(11-16)13-25-27(19)20-8-5-14(12-24-20)21(29)23-9-10-28/h1-8,11-13,26,28H,9-10H2,(H,23,29). The second kappa shape index (κ2) is 8.30. The van der Waals surface area contributed by atoms with E-state index in [2.05, 4.69) is 20.7 Å². The normalized spacial score (nSPS) is 10.8. The summed E-state index contributed by atoms with van der Waals surface area (Å²) in [5.41, 5.74) is 3.04. The number of rotatable bonds is 6. The summed E-state index contributed by atoms with van der Waals surface area (Å²) in [4.78, 5) is 16.3. The molecule has 1 amide bonds. The molecule has 0 radical (unpaired) electrons. The molecule has 0 bridgehead atoms. The topological polar surface area (TPSA) is 92.1 Å². The summed E-state index contributed by atoms with van der Waals surface area (Å²) in [6.07, 6.45) is 3.25. The van der Waals surface area contributed by atoms with Crippen molar-refractivity contribution in [1.82, 2.24) is 20.1 Å². The number of nitrogens with one attached hydrogen (secondary N) is 2. The molecule has 29 heavy (non-hydrogen) atoms. The van der Waals surface area contributed by atoms with Crippen LogP contribution in [-0.2, 0) is 0 Å². The van der Waals surface area contributed by atoms with E-state index < -0.39 is 0 Å². The lowest BCUT2D eigenvalue weighted by Gasteiger charge is -2.09. The first-order valence-electron chi connectivity index (χ1n) is 9.00. The number of carbonyl (C=O) groups excluding carboxylic acids is 1. The van der Waals surface area contributed by atoms with Crippen LogP contribution in [0, 0.1) is 0 Å². The molecule has 4 aromatic rings. The maximum atomic E-state index is 11.9. The highest BCUT2D eigenvalue weighted by Gasteiger charge is 2.10. The monoisotopic (exact) mass is 407 g/mol. The Balaban J connectivity index is 1.58. The highest BCUT2D eigenvalue weighted by Crippen LogP contribution is 2.27. The summed E-state index contributed by atoms with van der Waals surface area (Å²) in [7, 11) is 0. The van der Waals surface area contributed by atoms with Crippen molar-refractivity contribution in [2.75, 3.05) is 18.5 Å². The molecule has 0 saturated carbocycles. The molecular weight excluding hydrogens is 390 g/mol. The lowest BCUT2D eigenvalue weighted by atomic mass is 10.2. The van der Waals surface area contributed by atoms with E-state index in [1.54, 1.807) is 23.0 Å². The summed E-state index contributed by atoms with van der Waals surface area (Å²) >= 11 is 6.21. The van der Waals surface area contributed by atoms with E-state index in [9.17, 15) is 4.79 Å². The number of hydrogen-bond acceptors (Lipinski definition) is 5. The van der Waals surface area contributed by atoms with Crippen LogP contribution < -0.4 is 10.6 Å². The lowest BCUT2D eigenvalue weighted by molar-refractivity contribution is 0.0944. The highest BCUT2D eigenvalue weighted by atomic mass is 35.5. The molecule has 0 aliphatic carbocycles. The molecule has 146 valence electrons. The van der Waals surface area contributed by atoms with E-state index >= 15 is 0 Å². The van der Waals surface area contributed by atoms with Crippen LogP contribution >= 0.6 is 11.6 Å². The Morgan fingerprint density at radius 3 is 2.72 bits per heavy atom. The fourth-order valence-corrected chi connectivity index (χ4v) is 3.11. The van der Waals surface area contributed by atoms with Gasteiger partial charge in [0.05, 0.1) is 34.6 Å². The number of benzene rings is 2. The predicted octanol–water partition coefficient (Wildman–Crippen LogP) is 3.54. The van der Waals surface area contributed by atoms with Crippen molar-refractivity contribution in [3.05, 3.63) is 77.6 Å². The van der Waals surface area contributed by atoms with Gasteiger partial charge in [-0.2, -0.15) is 5.10 Å². The van der Waals surface area contributed by atoms with Crippen LogP contribution in [0.3, 0.4) is 0 Å². The third-order valence-corrected chi connectivity index (χ3v) is 4.67. The average molecular weight is 408 g/mol. The number of aromatic nitrogens is 3. The van der Waals surface area contributed by atoms with Crippen molar-refractivity contribution in [3.63, 3.8) is 0 Å². The lowest BCUT2D eigenvalue weighted by Crippen LogP contribution is -2.26. The van der Waals surface area contributed by atoms with Crippen molar-refractivity contribution in [2.45, 2.75) is 0 Å². The Bertz CT molecular complexity index is 1160. The van der Waals surface area contributed by atoms with Crippen LogP contribution in [0.1, 0.15) is 10.4 Å². The second-order valence-corrected chi connectivity index (χ2v) is 6.73. The number of pyridine rings is 1. The smallest absolute Gasteiger partial charge is 0.252 e. The van der Waals surface area contributed by atoms with E-state index in [-0.39, 0.29) is 19.1 Å². The molecule has 2 aromatic carbocycles. The predicted molar refractivity (Wildman–Crippen MR) is 113 cm³/mol. The van der Waals surface area contributed by atoms with Gasteiger partial charge in [-0.3, -0.25) is 4.79 Å². The van der Waals surface area contributed by atoms with Gasteiger partial charge in [-0.15, -0.1) is 0 Å². The molecule has 0 unspecified atom stereocenters. The number of halogens is 1. The van der Waals surface area contributed by atoms with Crippen molar-refractivity contribution in [3.8, 4) is 5.82 Å². The van der Waals surface area contributed by atoms with E-state index in [1.165, 1.54) is 6.20 Å². The zero-order valence-electron chi connectivity index (χ0n) is 15.3. The van der Waals surface area contributed by atoms with E-state index in [4.69, 9.17) is 16.7 Å². The van der Waals surface area contributed by atoms with Crippen molar-refractivity contribution < 1.29 is 9.90 Å². The summed E-state index contributed by atoms with van der Waals surface area (Å²) in [5.74, 6) is 0.323. The van der Waals surface area contributed by atoms with Crippen LogP contribution in [0.5, 0.6) is 0 Å². The Labute approximate surface area is 172 Å². The van der Waals surface area contributed by atoms with E-state index in [0.29, 0.717) is 16.4 Å². The van der Waals surface area contributed by atoms with Gasteiger partial charge >= 0.3 is 0 Å². The Hall–Kier alpha value is -3.42. The molecule has 2 aromatic heterocycles. The molecule has 4 rings (SSSR count). The molecule has 3 N–H and O–H groups in total. The van der Waals surface area contributed by atoms with Crippen LogP contribution in [0.2, 0.25) is 5.02 Å². The minimum atomic E-state index is -0.279. The number of nitrogens with zero attached hydrogens (tertiary/aromatic N) is 3. The number of fused-ring (bicyclic) bond motifs is 1. The molecule has 0 aliphatic heterocycles. The third kappa shape index (κ3) is 4.06. The van der Waals surface area contributed by atoms with Gasteiger partial charge in [-0.1, -0.05) is 23.7 Å². The Morgan fingerprint density at radius 2 is 1.97 bits per heavy atom. The maximum Gasteiger partial charge on any atom is 0.252 e. The molecule has 8 heteroatoms. The number of hydrogen-bond donors (Lipinski definition) is 3. The largest absolute Gasteiger partial charge is 0.395 e. The highest BCUT2D eigenvalue weighted by molar-refractivity contribution is 6.33. The minimum absolute atomic E-state index is 0.107. The van der Waals surface area contributed by atoms with Gasteiger partial charge in [0.1, 0.15) is 0 Å². The summed E-state index contributed by atoms with van der Waals surface area (Å²) in [6.45, 7) is 0.0960. The molecule has 0 fully saturated rings. The van der Waals surface area contributed by atoms with Crippen LogP contribution in [0.4, 0.5) is 11.4 Å². The van der Waals surface area contributed by atoms with Crippen LogP contribution in [0.25, 0.3) is 16.7 Å². The van der Waals surface area contributed by atoms with Crippen molar-refractivity contribution >= 4 is 39.8 Å². The molecule has 2 heterocycles. The number of para-hydroxylation sites is 1. The molecule has 0 aliphatic rings.